The molecule has 1 atom stereocenters. The molecule has 1 aromatic heterocycles. The summed E-state index contributed by atoms with van der Waals surface area (Å²) >= 11 is 0. The molecule has 1 aliphatic heterocycles. The molecule has 4 N–H and O–H groups in total. The summed E-state index contributed by atoms with van der Waals surface area (Å²) in [6, 6.07) is 0.362. The van der Waals surface area contributed by atoms with Crippen molar-refractivity contribution in [3.8, 4) is 0 Å². The van der Waals surface area contributed by atoms with Crippen LogP contribution in [-0.2, 0) is 6.54 Å². The average molecular weight is 265 g/mol. The summed E-state index contributed by atoms with van der Waals surface area (Å²) in [4.78, 5) is 4.63. The van der Waals surface area contributed by atoms with Gasteiger partial charge in [-0.05, 0) is 38.0 Å². The van der Waals surface area contributed by atoms with Crippen molar-refractivity contribution in [2.75, 3.05) is 18.5 Å². The second-order valence-corrected chi connectivity index (χ2v) is 5.85. The lowest BCUT2D eigenvalue weighted by atomic mass is 9.86. The maximum atomic E-state index is 9.02. The van der Waals surface area contributed by atoms with Crippen molar-refractivity contribution in [2.24, 2.45) is 11.7 Å². The summed E-state index contributed by atoms with van der Waals surface area (Å²) in [5.41, 5.74) is 5.94. The molecule has 0 radical (unpaired) electrons. The number of aliphatic hydroxyl groups excluding tert-OH is 1. The molecule has 106 valence electrons. The molecule has 19 heavy (non-hydrogen) atoms. The van der Waals surface area contributed by atoms with Crippen LogP contribution in [0.15, 0.2) is 0 Å². The lowest BCUT2D eigenvalue weighted by molar-refractivity contribution is 0.244. The molecule has 0 amide bonds. The Bertz CT molecular complexity index is 425. The first kappa shape index (κ1) is 12.9. The third-order valence-corrected chi connectivity index (χ3v) is 4.34. The molecule has 3 rings (SSSR count). The number of rotatable bonds is 3. The molecule has 2 aliphatic rings. The molecule has 1 saturated carbocycles. The van der Waals surface area contributed by atoms with Crippen LogP contribution in [0.2, 0.25) is 0 Å². The van der Waals surface area contributed by atoms with Crippen LogP contribution in [-0.4, -0.2) is 39.1 Å². The zero-order valence-electron chi connectivity index (χ0n) is 11.3. The van der Waals surface area contributed by atoms with Gasteiger partial charge in [-0.3, -0.25) is 0 Å². The number of nitrogens with two attached hydrogens (primary N) is 1. The molecule has 1 aliphatic carbocycles. The predicted molar refractivity (Wildman–Crippen MR) is 72.9 cm³/mol. The molecule has 6 heteroatoms. The van der Waals surface area contributed by atoms with Gasteiger partial charge >= 0.3 is 0 Å². The van der Waals surface area contributed by atoms with Crippen molar-refractivity contribution in [2.45, 2.75) is 50.6 Å². The van der Waals surface area contributed by atoms with Crippen molar-refractivity contribution in [1.29, 1.82) is 0 Å². The standard InChI is InChI=1S/C13H23N5O/c14-11-3-1-10(2-4-11)12-16-13-15-7-9(5-6-19)8-18(13)17-12/h9-11,19H,1-8,14H2,(H,15,16,17). The zero-order valence-corrected chi connectivity index (χ0v) is 11.3. The van der Waals surface area contributed by atoms with Gasteiger partial charge in [0.15, 0.2) is 5.82 Å². The second kappa shape index (κ2) is 5.46. The van der Waals surface area contributed by atoms with Gasteiger partial charge in [0, 0.05) is 31.7 Å². The highest BCUT2D eigenvalue weighted by molar-refractivity contribution is 5.28. The lowest BCUT2D eigenvalue weighted by Gasteiger charge is -2.23. The van der Waals surface area contributed by atoms with Gasteiger partial charge in [0.1, 0.15) is 0 Å². The molecule has 2 heterocycles. The quantitative estimate of drug-likeness (QED) is 0.748. The topological polar surface area (TPSA) is 89.0 Å². The third kappa shape index (κ3) is 2.74. The Kier molecular flexibility index (Phi) is 3.70. The molecule has 0 bridgehead atoms. The summed E-state index contributed by atoms with van der Waals surface area (Å²) in [5, 5.41) is 17.0. The Morgan fingerprint density at radius 3 is 2.84 bits per heavy atom. The monoisotopic (exact) mass is 265 g/mol. The first-order valence-corrected chi connectivity index (χ1v) is 7.31. The largest absolute Gasteiger partial charge is 0.396 e. The van der Waals surface area contributed by atoms with E-state index in [9.17, 15) is 0 Å². The molecule has 0 spiro atoms. The minimum Gasteiger partial charge on any atom is -0.396 e. The number of hydrogen-bond donors (Lipinski definition) is 3. The van der Waals surface area contributed by atoms with Gasteiger partial charge in [-0.15, -0.1) is 0 Å². The minimum atomic E-state index is 0.240. The highest BCUT2D eigenvalue weighted by Crippen LogP contribution is 2.31. The fraction of sp³-hybridized carbons (Fsp3) is 0.846. The molecule has 1 unspecified atom stereocenters. The Morgan fingerprint density at radius 2 is 2.11 bits per heavy atom. The van der Waals surface area contributed by atoms with E-state index >= 15 is 0 Å². The van der Waals surface area contributed by atoms with Crippen LogP contribution in [0.3, 0.4) is 0 Å². The van der Waals surface area contributed by atoms with Crippen molar-refractivity contribution < 1.29 is 5.11 Å². The van der Waals surface area contributed by atoms with Gasteiger partial charge in [-0.1, -0.05) is 0 Å². The smallest absolute Gasteiger partial charge is 0.221 e. The van der Waals surface area contributed by atoms with E-state index in [-0.39, 0.29) is 6.61 Å². The summed E-state index contributed by atoms with van der Waals surface area (Å²) in [7, 11) is 0. The molecule has 0 saturated heterocycles. The Morgan fingerprint density at radius 1 is 1.32 bits per heavy atom. The summed E-state index contributed by atoms with van der Waals surface area (Å²) in [5.74, 6) is 2.78. The van der Waals surface area contributed by atoms with E-state index in [1.54, 1.807) is 0 Å². The summed E-state index contributed by atoms with van der Waals surface area (Å²) in [6.07, 6.45) is 5.18. The summed E-state index contributed by atoms with van der Waals surface area (Å²) in [6.45, 7) is 1.99. The van der Waals surface area contributed by atoms with Crippen LogP contribution in [0.5, 0.6) is 0 Å². The Labute approximate surface area is 113 Å². The Hall–Kier alpha value is -1.14. The maximum absolute atomic E-state index is 9.02. The lowest BCUT2D eigenvalue weighted by Crippen LogP contribution is -2.28. The number of hydrogen-bond acceptors (Lipinski definition) is 5. The van der Waals surface area contributed by atoms with Gasteiger partial charge in [0.25, 0.3) is 0 Å². The average Bonchev–Trinajstić information content (AvgIpc) is 2.83. The van der Waals surface area contributed by atoms with Crippen LogP contribution >= 0.6 is 0 Å². The van der Waals surface area contributed by atoms with Gasteiger partial charge in [0.2, 0.25) is 5.95 Å². The normalized spacial score (nSPS) is 30.7. The highest BCUT2D eigenvalue weighted by Gasteiger charge is 2.26. The fourth-order valence-electron chi connectivity index (χ4n) is 3.09. The van der Waals surface area contributed by atoms with Crippen molar-refractivity contribution in [3.05, 3.63) is 5.82 Å². The summed E-state index contributed by atoms with van der Waals surface area (Å²) < 4.78 is 1.97. The maximum Gasteiger partial charge on any atom is 0.221 e. The van der Waals surface area contributed by atoms with Crippen molar-refractivity contribution in [3.63, 3.8) is 0 Å². The van der Waals surface area contributed by atoms with Gasteiger partial charge < -0.3 is 16.2 Å². The van der Waals surface area contributed by atoms with E-state index in [4.69, 9.17) is 10.8 Å². The number of aromatic nitrogens is 3. The van der Waals surface area contributed by atoms with Crippen LogP contribution in [0, 0.1) is 5.92 Å². The number of nitrogens with zero attached hydrogens (tertiary/aromatic N) is 3. The van der Waals surface area contributed by atoms with E-state index in [0.29, 0.717) is 17.9 Å². The molecule has 1 aromatic rings. The van der Waals surface area contributed by atoms with E-state index in [1.165, 1.54) is 0 Å². The van der Waals surface area contributed by atoms with Crippen LogP contribution < -0.4 is 11.1 Å². The van der Waals surface area contributed by atoms with Crippen molar-refractivity contribution in [1.82, 2.24) is 14.8 Å². The van der Waals surface area contributed by atoms with E-state index in [2.05, 4.69) is 15.4 Å². The van der Waals surface area contributed by atoms with Crippen LogP contribution in [0.25, 0.3) is 0 Å². The van der Waals surface area contributed by atoms with Gasteiger partial charge in [-0.25, -0.2) is 4.68 Å². The first-order valence-electron chi connectivity index (χ1n) is 7.31. The number of fused-ring (bicyclic) bond motifs is 1. The molecule has 0 aromatic carbocycles. The molecular formula is C13H23N5O. The Balaban J connectivity index is 1.69. The third-order valence-electron chi connectivity index (χ3n) is 4.34. The van der Waals surface area contributed by atoms with Crippen molar-refractivity contribution >= 4 is 5.95 Å². The second-order valence-electron chi connectivity index (χ2n) is 5.85. The number of aliphatic hydroxyl groups is 1. The highest BCUT2D eigenvalue weighted by atomic mass is 16.3. The van der Waals surface area contributed by atoms with E-state index in [1.807, 2.05) is 4.68 Å². The van der Waals surface area contributed by atoms with Crippen LogP contribution in [0.4, 0.5) is 5.95 Å². The predicted octanol–water partition coefficient (Wildman–Crippen LogP) is 0.687. The van der Waals surface area contributed by atoms with E-state index in [0.717, 1.165) is 57.0 Å². The van der Waals surface area contributed by atoms with Gasteiger partial charge in [0.05, 0.1) is 0 Å². The fourth-order valence-corrected chi connectivity index (χ4v) is 3.09. The van der Waals surface area contributed by atoms with Crippen LogP contribution in [0.1, 0.15) is 43.8 Å². The van der Waals surface area contributed by atoms with Gasteiger partial charge in [-0.2, -0.15) is 10.1 Å². The molecule has 6 nitrogen and oxygen atoms in total. The first-order chi connectivity index (χ1) is 9.26. The minimum absolute atomic E-state index is 0.240. The molecule has 1 fully saturated rings. The van der Waals surface area contributed by atoms with E-state index < -0.39 is 0 Å². The SMILES string of the molecule is NC1CCC(c2nc3n(n2)CC(CCO)CN3)CC1. The zero-order chi connectivity index (χ0) is 13.2. The number of anilines is 1. The molecular weight excluding hydrogens is 242 g/mol. The number of nitrogens with one attached hydrogen (secondary N) is 1.